The quantitative estimate of drug-likeness (QED) is 0.140. The second-order valence-electron chi connectivity index (χ2n) is 14.9. The summed E-state index contributed by atoms with van der Waals surface area (Å²) < 4.78 is 2.38. The summed E-state index contributed by atoms with van der Waals surface area (Å²) in [6, 6.07) is 80.1. The van der Waals surface area contributed by atoms with Crippen molar-refractivity contribution in [3.05, 3.63) is 235 Å². The molecule has 0 aliphatic heterocycles. The first kappa shape index (κ1) is 33.6. The molecule has 266 valence electrons. The van der Waals surface area contributed by atoms with Crippen LogP contribution in [0.15, 0.2) is 218 Å². The van der Waals surface area contributed by atoms with Gasteiger partial charge in [-0.05, 0) is 104 Å². The van der Waals surface area contributed by atoms with Gasteiger partial charge >= 0.3 is 0 Å². The van der Waals surface area contributed by atoms with E-state index in [1.54, 1.807) is 0 Å². The lowest BCUT2D eigenvalue weighted by molar-refractivity contribution is 0.715. The Bertz CT molecular complexity index is 2860. The maximum atomic E-state index is 2.38. The van der Waals surface area contributed by atoms with Gasteiger partial charge < -0.3 is 4.57 Å². The van der Waals surface area contributed by atoms with Crippen LogP contribution in [0.3, 0.4) is 0 Å². The lowest BCUT2D eigenvalue weighted by Crippen LogP contribution is -2.03. The fourth-order valence-electron chi connectivity index (χ4n) is 8.52. The van der Waals surface area contributed by atoms with E-state index in [4.69, 9.17) is 0 Å². The van der Waals surface area contributed by atoms with Crippen LogP contribution in [-0.4, -0.2) is 4.57 Å². The van der Waals surface area contributed by atoms with Crippen molar-refractivity contribution in [2.75, 3.05) is 0 Å². The van der Waals surface area contributed by atoms with Crippen molar-refractivity contribution >= 4 is 32.6 Å². The smallest absolute Gasteiger partial charge is 0.0541 e. The minimum Gasteiger partial charge on any atom is -0.309 e. The third-order valence-corrected chi connectivity index (χ3v) is 11.5. The van der Waals surface area contributed by atoms with E-state index in [9.17, 15) is 0 Å². The van der Waals surface area contributed by atoms with Crippen LogP contribution < -0.4 is 0 Å². The maximum absolute atomic E-state index is 2.38. The predicted octanol–water partition coefficient (Wildman–Crippen LogP) is 14.7. The zero-order chi connectivity index (χ0) is 37.3. The fraction of sp³-hybridized carbons (Fsp3) is 0.0545. The van der Waals surface area contributed by atoms with Crippen molar-refractivity contribution in [1.82, 2.24) is 4.57 Å². The van der Waals surface area contributed by atoms with Crippen LogP contribution in [0.1, 0.15) is 29.0 Å². The molecule has 0 bridgehead atoms. The third kappa shape index (κ3) is 6.48. The highest BCUT2D eigenvalue weighted by Gasteiger charge is 2.16. The standard InChI is InChI=1S/C55H41N/c1-2-10-40(11-3-1)43-23-28-46(29-24-43)51(47-30-25-45(26-31-47)49-32-27-41-12-4-5-13-48(41)38-49)37-20-39-18-21-42(22-19-39)44-33-35-50(36-34-44)56-54-16-8-6-14-52(54)53-15-7-9-17-55(53)56/h1-19,21-36,38,51H,20,37H2. The Labute approximate surface area is 328 Å². The monoisotopic (exact) mass is 715 g/mol. The van der Waals surface area contributed by atoms with Crippen molar-refractivity contribution < 1.29 is 0 Å². The van der Waals surface area contributed by atoms with Crippen LogP contribution in [0, 0.1) is 0 Å². The highest BCUT2D eigenvalue weighted by molar-refractivity contribution is 6.09. The van der Waals surface area contributed by atoms with Crippen LogP contribution >= 0.6 is 0 Å². The van der Waals surface area contributed by atoms with Crippen molar-refractivity contribution in [3.8, 4) is 39.1 Å². The molecule has 1 atom stereocenters. The average Bonchev–Trinajstić information content (AvgIpc) is 3.62. The number of hydrogen-bond donors (Lipinski definition) is 0. The van der Waals surface area contributed by atoms with Crippen molar-refractivity contribution in [3.63, 3.8) is 0 Å². The number of nitrogens with zero attached hydrogens (tertiary/aromatic N) is 1. The van der Waals surface area contributed by atoms with Crippen LogP contribution in [0.4, 0.5) is 0 Å². The first-order chi connectivity index (χ1) is 27.7. The Morgan fingerprint density at radius 3 is 1.39 bits per heavy atom. The van der Waals surface area contributed by atoms with Crippen LogP contribution in [0.5, 0.6) is 0 Å². The van der Waals surface area contributed by atoms with Gasteiger partial charge in [-0.3, -0.25) is 0 Å². The van der Waals surface area contributed by atoms with E-state index in [1.165, 1.54) is 88.3 Å². The molecule has 1 nitrogen and oxygen atoms in total. The van der Waals surface area contributed by atoms with Crippen molar-refractivity contribution in [1.29, 1.82) is 0 Å². The highest BCUT2D eigenvalue weighted by atomic mass is 15.0. The summed E-state index contributed by atoms with van der Waals surface area (Å²) in [5, 5.41) is 5.11. The second-order valence-corrected chi connectivity index (χ2v) is 14.9. The summed E-state index contributed by atoms with van der Waals surface area (Å²) >= 11 is 0. The topological polar surface area (TPSA) is 4.93 Å². The first-order valence-corrected chi connectivity index (χ1v) is 19.7. The van der Waals surface area contributed by atoms with Crippen molar-refractivity contribution in [2.24, 2.45) is 0 Å². The molecule has 0 N–H and O–H groups in total. The molecule has 0 amide bonds. The van der Waals surface area contributed by atoms with Crippen LogP contribution in [-0.2, 0) is 6.42 Å². The van der Waals surface area contributed by atoms with E-state index in [-0.39, 0.29) is 5.92 Å². The van der Waals surface area contributed by atoms with Gasteiger partial charge in [0.15, 0.2) is 0 Å². The molecule has 1 heterocycles. The van der Waals surface area contributed by atoms with Gasteiger partial charge in [-0.25, -0.2) is 0 Å². The average molecular weight is 716 g/mol. The summed E-state index contributed by atoms with van der Waals surface area (Å²) in [6.07, 6.45) is 2.01. The van der Waals surface area contributed by atoms with Gasteiger partial charge in [0, 0.05) is 22.4 Å². The molecule has 56 heavy (non-hydrogen) atoms. The second kappa shape index (κ2) is 14.7. The summed E-state index contributed by atoms with van der Waals surface area (Å²) in [4.78, 5) is 0. The minimum atomic E-state index is 0.276. The van der Waals surface area contributed by atoms with E-state index in [0.717, 1.165) is 12.8 Å². The van der Waals surface area contributed by atoms with E-state index in [2.05, 4.69) is 223 Å². The number of aryl methyl sites for hydroxylation is 1. The summed E-state index contributed by atoms with van der Waals surface area (Å²) in [7, 11) is 0. The van der Waals surface area contributed by atoms with Gasteiger partial charge in [-0.1, -0.05) is 188 Å². The van der Waals surface area contributed by atoms with E-state index < -0.39 is 0 Å². The van der Waals surface area contributed by atoms with Crippen LogP contribution in [0.2, 0.25) is 0 Å². The molecule has 0 saturated heterocycles. The largest absolute Gasteiger partial charge is 0.309 e. The summed E-state index contributed by atoms with van der Waals surface area (Å²) in [6.45, 7) is 0. The zero-order valence-corrected chi connectivity index (χ0v) is 31.2. The number of rotatable bonds is 9. The molecule has 0 saturated carbocycles. The maximum Gasteiger partial charge on any atom is 0.0541 e. The molecule has 10 rings (SSSR count). The van der Waals surface area contributed by atoms with Gasteiger partial charge in [0.2, 0.25) is 0 Å². The summed E-state index contributed by atoms with van der Waals surface area (Å²) in [5.74, 6) is 0.276. The van der Waals surface area contributed by atoms with Crippen molar-refractivity contribution in [2.45, 2.75) is 18.8 Å². The number of benzene rings is 9. The van der Waals surface area contributed by atoms with E-state index in [0.29, 0.717) is 0 Å². The van der Waals surface area contributed by atoms with Gasteiger partial charge in [0.1, 0.15) is 0 Å². The van der Waals surface area contributed by atoms with Gasteiger partial charge in [0.25, 0.3) is 0 Å². The molecule has 1 heteroatoms. The van der Waals surface area contributed by atoms with Gasteiger partial charge in [-0.15, -0.1) is 0 Å². The molecule has 1 unspecified atom stereocenters. The fourth-order valence-corrected chi connectivity index (χ4v) is 8.52. The molecule has 1 aromatic heterocycles. The summed E-state index contributed by atoms with van der Waals surface area (Å²) in [5.41, 5.74) is 15.2. The molecular formula is C55H41N. The molecule has 9 aromatic carbocycles. The number of para-hydroxylation sites is 2. The Hall–Kier alpha value is -6.96. The SMILES string of the molecule is c1ccc(-c2ccc(C(CCc3ccc(-c4ccc(-n5c6ccccc6c6ccccc65)cc4)cc3)c3ccc(-c4ccc5ccccc5c4)cc3)cc2)cc1. The zero-order valence-electron chi connectivity index (χ0n) is 31.2. The molecule has 0 fully saturated rings. The Morgan fingerprint density at radius 2 is 0.786 bits per heavy atom. The first-order valence-electron chi connectivity index (χ1n) is 19.7. The molecule has 0 spiro atoms. The lowest BCUT2D eigenvalue weighted by atomic mass is 9.85. The minimum absolute atomic E-state index is 0.276. The molecular weight excluding hydrogens is 675 g/mol. The number of aromatic nitrogens is 1. The lowest BCUT2D eigenvalue weighted by Gasteiger charge is -2.20. The Balaban J connectivity index is 0.900. The Morgan fingerprint density at radius 1 is 0.339 bits per heavy atom. The third-order valence-electron chi connectivity index (χ3n) is 11.5. The van der Waals surface area contributed by atoms with E-state index >= 15 is 0 Å². The molecule has 10 aromatic rings. The predicted molar refractivity (Wildman–Crippen MR) is 238 cm³/mol. The number of fused-ring (bicyclic) bond motifs is 4. The van der Waals surface area contributed by atoms with E-state index in [1.807, 2.05) is 0 Å². The normalized spacial score (nSPS) is 12.0. The van der Waals surface area contributed by atoms with Gasteiger partial charge in [0.05, 0.1) is 11.0 Å². The Kier molecular flexibility index (Phi) is 8.82. The molecule has 0 aliphatic rings. The van der Waals surface area contributed by atoms with Crippen LogP contribution in [0.25, 0.3) is 71.6 Å². The highest BCUT2D eigenvalue weighted by Crippen LogP contribution is 2.35. The molecule has 0 radical (unpaired) electrons. The molecule has 0 aliphatic carbocycles. The van der Waals surface area contributed by atoms with Gasteiger partial charge in [-0.2, -0.15) is 0 Å². The number of hydrogen-bond acceptors (Lipinski definition) is 0.